The molecular formula is C18H34N2O3. The van der Waals surface area contributed by atoms with Crippen molar-refractivity contribution in [2.45, 2.75) is 91.1 Å². The van der Waals surface area contributed by atoms with Crippen LogP contribution in [0.1, 0.15) is 61.3 Å². The first kappa shape index (κ1) is 18.5. The van der Waals surface area contributed by atoms with E-state index in [1.807, 2.05) is 20.8 Å². The molecule has 2 aliphatic carbocycles. The Labute approximate surface area is 140 Å². The fourth-order valence-electron chi connectivity index (χ4n) is 3.02. The average molecular weight is 326 g/mol. The number of hydrogen-bond donors (Lipinski definition) is 2. The number of ether oxygens (including phenoxy) is 2. The van der Waals surface area contributed by atoms with Crippen molar-refractivity contribution in [2.24, 2.45) is 11.3 Å². The predicted molar refractivity (Wildman–Crippen MR) is 91.5 cm³/mol. The molecule has 5 heteroatoms. The lowest BCUT2D eigenvalue weighted by Gasteiger charge is -2.52. The van der Waals surface area contributed by atoms with E-state index in [1.54, 1.807) is 0 Å². The molecule has 0 saturated heterocycles. The Balaban J connectivity index is 1.69. The summed E-state index contributed by atoms with van der Waals surface area (Å²) in [6, 6.07) is 1.00. The van der Waals surface area contributed by atoms with E-state index >= 15 is 0 Å². The highest BCUT2D eigenvalue weighted by atomic mass is 16.6. The van der Waals surface area contributed by atoms with Gasteiger partial charge in [-0.2, -0.15) is 0 Å². The first-order valence-electron chi connectivity index (χ1n) is 8.86. The van der Waals surface area contributed by atoms with Crippen molar-refractivity contribution in [3.8, 4) is 0 Å². The van der Waals surface area contributed by atoms with E-state index in [9.17, 15) is 4.79 Å². The molecule has 0 aromatic heterocycles. The van der Waals surface area contributed by atoms with E-state index in [0.29, 0.717) is 24.1 Å². The Morgan fingerprint density at radius 3 is 2.39 bits per heavy atom. The van der Waals surface area contributed by atoms with Crippen LogP contribution < -0.4 is 10.6 Å². The van der Waals surface area contributed by atoms with E-state index in [0.717, 1.165) is 19.4 Å². The Kier molecular flexibility index (Phi) is 5.31. The average Bonchev–Trinajstić information content (AvgIpc) is 3.07. The van der Waals surface area contributed by atoms with Gasteiger partial charge in [-0.3, -0.25) is 0 Å². The highest BCUT2D eigenvalue weighted by Crippen LogP contribution is 2.44. The second-order valence-electron chi connectivity index (χ2n) is 9.09. The van der Waals surface area contributed by atoms with Crippen LogP contribution in [0, 0.1) is 11.3 Å². The quantitative estimate of drug-likeness (QED) is 0.787. The molecule has 4 unspecified atom stereocenters. The summed E-state index contributed by atoms with van der Waals surface area (Å²) in [6.07, 6.45) is 2.04. The number of hydrogen-bond acceptors (Lipinski definition) is 4. The smallest absolute Gasteiger partial charge is 0.407 e. The summed E-state index contributed by atoms with van der Waals surface area (Å²) in [5, 5.41) is 6.60. The zero-order valence-corrected chi connectivity index (χ0v) is 15.7. The number of carbonyl (C=O) groups excluding carboxylic acids is 1. The van der Waals surface area contributed by atoms with Crippen molar-refractivity contribution in [3.63, 3.8) is 0 Å². The van der Waals surface area contributed by atoms with Gasteiger partial charge in [-0.25, -0.2) is 4.79 Å². The minimum absolute atomic E-state index is 0.147. The summed E-state index contributed by atoms with van der Waals surface area (Å²) in [5.41, 5.74) is -0.299. The molecule has 2 N–H and O–H groups in total. The number of alkyl carbamates (subject to hydrolysis) is 1. The van der Waals surface area contributed by atoms with Gasteiger partial charge in [0.2, 0.25) is 0 Å². The summed E-state index contributed by atoms with van der Waals surface area (Å²) in [5.74, 6) is 0.573. The summed E-state index contributed by atoms with van der Waals surface area (Å²) < 4.78 is 11.3. The molecule has 134 valence electrons. The maximum atomic E-state index is 11.8. The first-order valence-corrected chi connectivity index (χ1v) is 8.86. The Morgan fingerprint density at radius 2 is 1.87 bits per heavy atom. The van der Waals surface area contributed by atoms with Crippen LogP contribution in [-0.2, 0) is 9.47 Å². The number of amides is 1. The summed E-state index contributed by atoms with van der Waals surface area (Å²) >= 11 is 0. The highest BCUT2D eigenvalue weighted by molar-refractivity contribution is 5.68. The Morgan fingerprint density at radius 1 is 1.22 bits per heavy atom. The maximum absolute atomic E-state index is 11.8. The van der Waals surface area contributed by atoms with Crippen LogP contribution in [0.5, 0.6) is 0 Å². The second-order valence-corrected chi connectivity index (χ2v) is 9.09. The standard InChI is InChI=1S/C18H34N2O3/c1-11(2)10-22-15-9-14(18(15,6)7)19-12-8-13(12)20-16(21)23-17(3,4)5/h11-15,19H,8-10H2,1-7H3,(H,20,21). The fraction of sp³-hybridized carbons (Fsp3) is 0.944. The van der Waals surface area contributed by atoms with E-state index in [2.05, 4.69) is 38.3 Å². The lowest BCUT2D eigenvalue weighted by atomic mass is 9.64. The first-order chi connectivity index (χ1) is 10.5. The molecule has 2 rings (SSSR count). The van der Waals surface area contributed by atoms with Gasteiger partial charge in [-0.1, -0.05) is 27.7 Å². The minimum Gasteiger partial charge on any atom is -0.444 e. The zero-order valence-electron chi connectivity index (χ0n) is 15.7. The molecule has 23 heavy (non-hydrogen) atoms. The van der Waals surface area contributed by atoms with Crippen LogP contribution in [-0.4, -0.2) is 42.5 Å². The monoisotopic (exact) mass is 326 g/mol. The topological polar surface area (TPSA) is 59.6 Å². The van der Waals surface area contributed by atoms with Crippen molar-refractivity contribution in [3.05, 3.63) is 0 Å². The van der Waals surface area contributed by atoms with E-state index in [4.69, 9.17) is 9.47 Å². The molecule has 0 heterocycles. The molecule has 5 nitrogen and oxygen atoms in total. The number of rotatable bonds is 6. The molecule has 0 bridgehead atoms. The highest BCUT2D eigenvalue weighted by Gasteiger charge is 2.52. The molecule has 4 atom stereocenters. The van der Waals surface area contributed by atoms with Gasteiger partial charge in [0.15, 0.2) is 0 Å². The SMILES string of the molecule is CC(C)COC1CC(NC2CC2NC(=O)OC(C)(C)C)C1(C)C. The molecule has 1 amide bonds. The van der Waals surface area contributed by atoms with Crippen LogP contribution in [0.4, 0.5) is 4.79 Å². The summed E-state index contributed by atoms with van der Waals surface area (Å²) in [4.78, 5) is 11.8. The molecule has 0 radical (unpaired) electrons. The third kappa shape index (κ3) is 5.08. The Bertz CT molecular complexity index is 428. The molecule has 2 aliphatic rings. The maximum Gasteiger partial charge on any atom is 0.407 e. The zero-order chi connectivity index (χ0) is 17.4. The third-order valence-electron chi connectivity index (χ3n) is 4.72. The van der Waals surface area contributed by atoms with E-state index < -0.39 is 5.60 Å². The van der Waals surface area contributed by atoms with Crippen molar-refractivity contribution in [1.82, 2.24) is 10.6 Å². The van der Waals surface area contributed by atoms with E-state index in [1.165, 1.54) is 0 Å². The second kappa shape index (κ2) is 6.60. The molecular weight excluding hydrogens is 292 g/mol. The number of nitrogens with one attached hydrogen (secondary N) is 2. The molecule has 0 aromatic rings. The lowest BCUT2D eigenvalue weighted by Crippen LogP contribution is -2.62. The van der Waals surface area contributed by atoms with Gasteiger partial charge in [0.25, 0.3) is 0 Å². The van der Waals surface area contributed by atoms with E-state index in [-0.39, 0.29) is 17.6 Å². The summed E-state index contributed by atoms with van der Waals surface area (Å²) in [6.45, 7) is 15.3. The third-order valence-corrected chi connectivity index (χ3v) is 4.72. The molecule has 0 aliphatic heterocycles. The summed E-state index contributed by atoms with van der Waals surface area (Å²) in [7, 11) is 0. The van der Waals surface area contributed by atoms with Crippen LogP contribution in [0.3, 0.4) is 0 Å². The van der Waals surface area contributed by atoms with Crippen molar-refractivity contribution >= 4 is 6.09 Å². The molecule has 2 fully saturated rings. The van der Waals surface area contributed by atoms with Gasteiger partial charge in [0.05, 0.1) is 6.10 Å². The van der Waals surface area contributed by atoms with Crippen LogP contribution in [0.15, 0.2) is 0 Å². The number of carbonyl (C=O) groups is 1. The van der Waals surface area contributed by atoms with Crippen molar-refractivity contribution in [2.75, 3.05) is 6.61 Å². The van der Waals surface area contributed by atoms with Crippen LogP contribution in [0.2, 0.25) is 0 Å². The molecule has 2 saturated carbocycles. The van der Waals surface area contributed by atoms with Gasteiger partial charge in [0.1, 0.15) is 5.60 Å². The normalized spacial score (nSPS) is 32.3. The molecule has 0 spiro atoms. The van der Waals surface area contributed by atoms with Gasteiger partial charge in [-0.15, -0.1) is 0 Å². The largest absolute Gasteiger partial charge is 0.444 e. The predicted octanol–water partition coefficient (Wildman–Crippen LogP) is 3.08. The lowest BCUT2D eigenvalue weighted by molar-refractivity contribution is -0.124. The van der Waals surface area contributed by atoms with Crippen LogP contribution in [0.25, 0.3) is 0 Å². The van der Waals surface area contributed by atoms with Gasteiger partial charge in [-0.05, 0) is 39.5 Å². The van der Waals surface area contributed by atoms with Crippen molar-refractivity contribution in [1.29, 1.82) is 0 Å². The van der Waals surface area contributed by atoms with Crippen molar-refractivity contribution < 1.29 is 14.3 Å². The fourth-order valence-corrected chi connectivity index (χ4v) is 3.02. The Hall–Kier alpha value is -0.810. The van der Waals surface area contributed by atoms with Gasteiger partial charge in [0, 0.05) is 30.1 Å². The minimum atomic E-state index is -0.446. The van der Waals surface area contributed by atoms with Gasteiger partial charge >= 0.3 is 6.09 Å². The van der Waals surface area contributed by atoms with Crippen LogP contribution >= 0.6 is 0 Å². The molecule has 0 aromatic carbocycles. The van der Waals surface area contributed by atoms with Gasteiger partial charge < -0.3 is 20.1 Å².